The molecule has 4 heteroatoms. The number of hydrogen-bond acceptors (Lipinski definition) is 3. The third kappa shape index (κ3) is 3.12. The average molecular weight is 381 g/mol. The summed E-state index contributed by atoms with van der Waals surface area (Å²) in [4.78, 5) is 0. The molecule has 0 amide bonds. The van der Waals surface area contributed by atoms with Gasteiger partial charge in [-0.15, -0.1) is 0 Å². The number of halogens is 1. The minimum atomic E-state index is 0.0342. The van der Waals surface area contributed by atoms with Gasteiger partial charge in [-0.2, -0.15) is 5.10 Å². The molecule has 2 heterocycles. The number of rotatable bonds is 2. The Morgan fingerprint density at radius 3 is 2.59 bits per heavy atom. The summed E-state index contributed by atoms with van der Waals surface area (Å²) in [7, 11) is 0. The van der Waals surface area contributed by atoms with E-state index in [0.29, 0.717) is 5.92 Å². The smallest absolute Gasteiger partial charge is 0.190 e. The quantitative estimate of drug-likeness (QED) is 0.628. The van der Waals surface area contributed by atoms with Crippen molar-refractivity contribution in [2.45, 2.75) is 57.7 Å². The maximum atomic E-state index is 6.50. The van der Waals surface area contributed by atoms with Crippen LogP contribution in [0.4, 0.5) is 0 Å². The van der Waals surface area contributed by atoms with Crippen LogP contribution in [0.1, 0.15) is 61.3 Å². The lowest BCUT2D eigenvalue weighted by atomic mass is 9.86. The van der Waals surface area contributed by atoms with Crippen molar-refractivity contribution in [1.29, 1.82) is 0 Å². The van der Waals surface area contributed by atoms with Gasteiger partial charge >= 0.3 is 0 Å². The molecule has 3 nitrogen and oxygen atoms in total. The first kappa shape index (κ1) is 17.1. The Bertz CT molecular complexity index is 870. The molecular formula is C23H25ClN2O. The molecule has 0 radical (unpaired) electrons. The standard InChI is InChI=1S/C23H25ClN2O/c1-15-7-9-16(10-8-15)20-14-21-19-13-18(24)11-12-22(19)27-23(26(21)25-20)17-5-3-2-4-6-17/h7-13,17,21,23H,2-6,14H2,1H3/t21-,23-/m0/s1. The third-order valence-corrected chi connectivity index (χ3v) is 6.45. The largest absolute Gasteiger partial charge is 0.468 e. The van der Waals surface area contributed by atoms with E-state index in [-0.39, 0.29) is 12.3 Å². The van der Waals surface area contributed by atoms with Gasteiger partial charge < -0.3 is 4.74 Å². The Morgan fingerprint density at radius 1 is 1.04 bits per heavy atom. The van der Waals surface area contributed by atoms with Crippen molar-refractivity contribution >= 4 is 17.3 Å². The SMILES string of the molecule is Cc1ccc(C2=NN3[C@@H](C2)c2cc(Cl)ccc2O[C@H]3C2CCCCC2)cc1. The molecule has 0 N–H and O–H groups in total. The fourth-order valence-corrected chi connectivity index (χ4v) is 4.92. The number of nitrogens with zero attached hydrogens (tertiary/aromatic N) is 2. The number of benzene rings is 2. The zero-order valence-electron chi connectivity index (χ0n) is 15.7. The second-order valence-electron chi connectivity index (χ2n) is 8.10. The van der Waals surface area contributed by atoms with Gasteiger partial charge in [0.15, 0.2) is 6.23 Å². The van der Waals surface area contributed by atoms with E-state index in [2.05, 4.69) is 42.3 Å². The number of hydrogen-bond donors (Lipinski definition) is 0. The molecule has 0 aromatic heterocycles. The Kier molecular flexibility index (Phi) is 4.35. The van der Waals surface area contributed by atoms with Crippen LogP contribution in [0.25, 0.3) is 0 Å². The topological polar surface area (TPSA) is 24.8 Å². The molecule has 2 aliphatic heterocycles. The van der Waals surface area contributed by atoms with Crippen molar-refractivity contribution in [2.75, 3.05) is 0 Å². The molecule has 140 valence electrons. The summed E-state index contributed by atoms with van der Waals surface area (Å²) in [5.74, 6) is 1.53. The Hall–Kier alpha value is -2.00. The van der Waals surface area contributed by atoms with Crippen molar-refractivity contribution in [3.63, 3.8) is 0 Å². The average Bonchev–Trinajstić information content (AvgIpc) is 3.14. The summed E-state index contributed by atoms with van der Waals surface area (Å²) in [6, 6.07) is 14.9. The lowest BCUT2D eigenvalue weighted by Crippen LogP contribution is -2.45. The lowest BCUT2D eigenvalue weighted by Gasteiger charge is -2.42. The number of ether oxygens (including phenoxy) is 1. The minimum Gasteiger partial charge on any atom is -0.468 e. The highest BCUT2D eigenvalue weighted by Gasteiger charge is 2.43. The molecule has 0 bridgehead atoms. The minimum absolute atomic E-state index is 0.0342. The molecule has 2 aromatic carbocycles. The van der Waals surface area contributed by atoms with E-state index >= 15 is 0 Å². The van der Waals surface area contributed by atoms with Crippen LogP contribution in [0, 0.1) is 12.8 Å². The van der Waals surface area contributed by atoms with Crippen LogP contribution in [0.15, 0.2) is 47.6 Å². The zero-order chi connectivity index (χ0) is 18.4. The second-order valence-corrected chi connectivity index (χ2v) is 8.54. The first-order valence-corrected chi connectivity index (χ1v) is 10.5. The van der Waals surface area contributed by atoms with Gasteiger partial charge in [0, 0.05) is 22.9 Å². The summed E-state index contributed by atoms with van der Waals surface area (Å²) in [6.45, 7) is 2.12. The van der Waals surface area contributed by atoms with Gasteiger partial charge in [0.05, 0.1) is 11.8 Å². The van der Waals surface area contributed by atoms with E-state index in [1.807, 2.05) is 12.1 Å². The van der Waals surface area contributed by atoms with Crippen LogP contribution in [0.3, 0.4) is 0 Å². The van der Waals surface area contributed by atoms with Gasteiger partial charge in [0.1, 0.15) is 5.75 Å². The van der Waals surface area contributed by atoms with Crippen LogP contribution in [-0.4, -0.2) is 16.9 Å². The van der Waals surface area contributed by atoms with Gasteiger partial charge in [0.25, 0.3) is 0 Å². The Morgan fingerprint density at radius 2 is 1.81 bits per heavy atom. The highest BCUT2D eigenvalue weighted by molar-refractivity contribution is 6.30. The van der Waals surface area contributed by atoms with E-state index in [0.717, 1.165) is 22.9 Å². The summed E-state index contributed by atoms with van der Waals surface area (Å²) in [5, 5.41) is 8.08. The van der Waals surface area contributed by atoms with E-state index in [4.69, 9.17) is 21.4 Å². The molecule has 0 unspecified atom stereocenters. The molecule has 5 rings (SSSR count). The molecule has 2 aromatic rings. The highest BCUT2D eigenvalue weighted by atomic mass is 35.5. The summed E-state index contributed by atoms with van der Waals surface area (Å²) < 4.78 is 6.50. The van der Waals surface area contributed by atoms with Crippen molar-refractivity contribution in [1.82, 2.24) is 5.01 Å². The van der Waals surface area contributed by atoms with E-state index in [9.17, 15) is 0 Å². The third-order valence-electron chi connectivity index (χ3n) is 6.22. The van der Waals surface area contributed by atoms with Crippen molar-refractivity contribution in [2.24, 2.45) is 11.0 Å². The summed E-state index contributed by atoms with van der Waals surface area (Å²) >= 11 is 6.31. The molecule has 1 aliphatic carbocycles. The highest BCUT2D eigenvalue weighted by Crippen LogP contribution is 2.47. The zero-order valence-corrected chi connectivity index (χ0v) is 16.5. The molecule has 0 saturated heterocycles. The van der Waals surface area contributed by atoms with Crippen molar-refractivity contribution in [3.8, 4) is 5.75 Å². The van der Waals surface area contributed by atoms with Gasteiger partial charge in [0.2, 0.25) is 0 Å². The Labute approximate surface area is 166 Å². The number of hydrazone groups is 1. The van der Waals surface area contributed by atoms with Gasteiger partial charge in [-0.1, -0.05) is 60.7 Å². The van der Waals surface area contributed by atoms with Crippen molar-refractivity contribution in [3.05, 3.63) is 64.2 Å². The van der Waals surface area contributed by atoms with Gasteiger partial charge in [-0.3, -0.25) is 0 Å². The second kappa shape index (κ2) is 6.87. The normalized spacial score (nSPS) is 24.8. The molecule has 0 spiro atoms. The van der Waals surface area contributed by atoms with Gasteiger partial charge in [-0.05, 0) is 43.5 Å². The predicted molar refractivity (Wildman–Crippen MR) is 109 cm³/mol. The number of aryl methyl sites for hydroxylation is 1. The molecule has 3 aliphatic rings. The van der Waals surface area contributed by atoms with Gasteiger partial charge in [-0.25, -0.2) is 5.01 Å². The van der Waals surface area contributed by atoms with E-state index < -0.39 is 0 Å². The lowest BCUT2D eigenvalue weighted by molar-refractivity contribution is -0.0643. The van der Waals surface area contributed by atoms with Crippen LogP contribution in [-0.2, 0) is 0 Å². The fraction of sp³-hybridized carbons (Fsp3) is 0.435. The first-order valence-electron chi connectivity index (χ1n) is 10.1. The summed E-state index contributed by atoms with van der Waals surface area (Å²) in [5.41, 5.74) is 4.80. The number of fused-ring (bicyclic) bond motifs is 3. The van der Waals surface area contributed by atoms with Crippen LogP contribution < -0.4 is 4.74 Å². The molecule has 1 saturated carbocycles. The predicted octanol–water partition coefficient (Wildman–Crippen LogP) is 6.10. The first-order chi connectivity index (χ1) is 13.2. The maximum Gasteiger partial charge on any atom is 0.190 e. The van der Waals surface area contributed by atoms with Crippen LogP contribution in [0.2, 0.25) is 5.02 Å². The fourth-order valence-electron chi connectivity index (χ4n) is 4.74. The maximum absolute atomic E-state index is 6.50. The van der Waals surface area contributed by atoms with E-state index in [1.54, 1.807) is 0 Å². The van der Waals surface area contributed by atoms with Crippen LogP contribution >= 0.6 is 11.6 Å². The van der Waals surface area contributed by atoms with E-state index in [1.165, 1.54) is 48.8 Å². The molecule has 27 heavy (non-hydrogen) atoms. The molecule has 1 fully saturated rings. The monoisotopic (exact) mass is 380 g/mol. The summed E-state index contributed by atoms with van der Waals surface area (Å²) in [6.07, 6.45) is 7.33. The Balaban J connectivity index is 1.53. The molecular weight excluding hydrogens is 356 g/mol. The van der Waals surface area contributed by atoms with Crippen molar-refractivity contribution < 1.29 is 4.74 Å². The van der Waals surface area contributed by atoms with Crippen LogP contribution in [0.5, 0.6) is 5.75 Å². The molecule has 2 atom stereocenters.